The van der Waals surface area contributed by atoms with Gasteiger partial charge in [-0.05, 0) is 41.8 Å². The topological polar surface area (TPSA) is 49.2 Å². The van der Waals surface area contributed by atoms with E-state index >= 15 is 0 Å². The third-order valence-electron chi connectivity index (χ3n) is 3.75. The first-order valence-corrected chi connectivity index (χ1v) is 7.94. The van der Waals surface area contributed by atoms with Gasteiger partial charge in [0.15, 0.2) is 5.82 Å². The molecule has 1 atom stereocenters. The first-order valence-electron chi connectivity index (χ1n) is 6.76. The van der Waals surface area contributed by atoms with E-state index in [9.17, 15) is 13.9 Å². The quantitative estimate of drug-likeness (QED) is 0.594. The van der Waals surface area contributed by atoms with Crippen molar-refractivity contribution in [1.29, 1.82) is 0 Å². The zero-order valence-corrected chi connectivity index (χ0v) is 14.0. The highest BCUT2D eigenvalue weighted by Gasteiger charge is 2.31. The molecule has 0 unspecified atom stereocenters. The molecule has 1 fully saturated rings. The van der Waals surface area contributed by atoms with Gasteiger partial charge in [-0.1, -0.05) is 11.6 Å². The van der Waals surface area contributed by atoms with Crippen LogP contribution in [0.2, 0.25) is 5.02 Å². The smallest absolute Gasteiger partial charge is 0.311 e. The number of β-amino-alcohol motifs (C(OH)–C–C–N with tert-alkyl or cyclic N) is 1. The molecule has 4 nitrogen and oxygen atoms in total. The molecule has 2 aromatic rings. The fourth-order valence-electron chi connectivity index (χ4n) is 2.77. The maximum absolute atomic E-state index is 14.3. The molecule has 2 heterocycles. The van der Waals surface area contributed by atoms with E-state index in [1.54, 1.807) is 11.8 Å². The molecule has 1 aromatic carbocycles. The van der Waals surface area contributed by atoms with E-state index in [0.29, 0.717) is 18.4 Å². The first-order chi connectivity index (χ1) is 10.3. The number of rotatable bonds is 1. The number of aromatic nitrogens is 2. The summed E-state index contributed by atoms with van der Waals surface area (Å²) in [5.41, 5.74) is -1.03. The van der Waals surface area contributed by atoms with Crippen molar-refractivity contribution < 1.29 is 13.9 Å². The standard InChI is InChI=1S/C14H13BrClF2N3O/c1-14(22)3-2-4-21(6-14)12-7-5-8(16)9(15)10(17)11(7)19-13(18)20-12/h5,22H,2-4,6H2,1H3/t14-/m1/s1. The molecule has 0 amide bonds. The molecule has 118 valence electrons. The summed E-state index contributed by atoms with van der Waals surface area (Å²) in [6.07, 6.45) is 0.364. The lowest BCUT2D eigenvalue weighted by Crippen LogP contribution is -2.46. The van der Waals surface area contributed by atoms with Gasteiger partial charge in [0.2, 0.25) is 0 Å². The van der Waals surface area contributed by atoms with Crippen LogP contribution in [-0.2, 0) is 0 Å². The lowest BCUT2D eigenvalue weighted by Gasteiger charge is -2.37. The molecule has 3 rings (SSSR count). The van der Waals surface area contributed by atoms with Gasteiger partial charge in [-0.3, -0.25) is 0 Å². The van der Waals surface area contributed by atoms with Gasteiger partial charge in [-0.2, -0.15) is 14.4 Å². The summed E-state index contributed by atoms with van der Waals surface area (Å²) in [5.74, 6) is -0.482. The third-order valence-corrected chi connectivity index (χ3v) is 5.06. The SMILES string of the molecule is C[C@@]1(O)CCCN(c2nc(F)nc3c(F)c(Br)c(Cl)cc23)C1. The van der Waals surface area contributed by atoms with Gasteiger partial charge in [-0.25, -0.2) is 4.39 Å². The van der Waals surface area contributed by atoms with E-state index in [2.05, 4.69) is 25.9 Å². The molecule has 0 saturated carbocycles. The van der Waals surface area contributed by atoms with Crippen molar-refractivity contribution in [2.45, 2.75) is 25.4 Å². The van der Waals surface area contributed by atoms with E-state index < -0.39 is 17.5 Å². The predicted octanol–water partition coefficient (Wildman–Crippen LogP) is 3.68. The second-order valence-corrected chi connectivity index (χ2v) is 6.92. The molecule has 0 bridgehead atoms. The number of hydrogen-bond donors (Lipinski definition) is 1. The Morgan fingerprint density at radius 3 is 2.82 bits per heavy atom. The Bertz CT molecular complexity index is 757. The van der Waals surface area contributed by atoms with Crippen molar-refractivity contribution in [3.05, 3.63) is 27.5 Å². The Balaban J connectivity index is 2.21. The number of aliphatic hydroxyl groups is 1. The van der Waals surface area contributed by atoms with E-state index in [0.717, 1.165) is 6.42 Å². The molecule has 1 saturated heterocycles. The van der Waals surface area contributed by atoms with Gasteiger partial charge in [0.25, 0.3) is 0 Å². The predicted molar refractivity (Wildman–Crippen MR) is 84.2 cm³/mol. The van der Waals surface area contributed by atoms with Gasteiger partial charge in [0.1, 0.15) is 11.3 Å². The minimum absolute atomic E-state index is 0.0383. The number of nitrogens with zero attached hydrogens (tertiary/aromatic N) is 3. The molecule has 0 aliphatic carbocycles. The maximum atomic E-state index is 14.3. The number of anilines is 1. The zero-order valence-electron chi connectivity index (χ0n) is 11.7. The summed E-state index contributed by atoms with van der Waals surface area (Å²) >= 11 is 9.02. The van der Waals surface area contributed by atoms with Crippen molar-refractivity contribution in [3.8, 4) is 0 Å². The van der Waals surface area contributed by atoms with E-state index in [1.807, 2.05) is 0 Å². The van der Waals surface area contributed by atoms with Gasteiger partial charge in [0.05, 0.1) is 15.1 Å². The highest BCUT2D eigenvalue weighted by molar-refractivity contribution is 9.10. The Kier molecular flexibility index (Phi) is 3.99. The number of hydrogen-bond acceptors (Lipinski definition) is 4. The summed E-state index contributed by atoms with van der Waals surface area (Å²) in [6, 6.07) is 1.50. The Morgan fingerprint density at radius 1 is 1.41 bits per heavy atom. The highest BCUT2D eigenvalue weighted by atomic mass is 79.9. The number of benzene rings is 1. The third kappa shape index (κ3) is 2.77. The fraction of sp³-hybridized carbons (Fsp3) is 0.429. The highest BCUT2D eigenvalue weighted by Crippen LogP contribution is 2.36. The molecular weight excluding hydrogens is 380 g/mol. The van der Waals surface area contributed by atoms with Crippen LogP contribution in [0.5, 0.6) is 0 Å². The molecule has 1 N–H and O–H groups in total. The Labute approximate surface area is 139 Å². The molecule has 0 radical (unpaired) electrons. The summed E-state index contributed by atoms with van der Waals surface area (Å²) < 4.78 is 28.1. The van der Waals surface area contributed by atoms with Crippen molar-refractivity contribution in [1.82, 2.24) is 9.97 Å². The lowest BCUT2D eigenvalue weighted by atomic mass is 9.95. The van der Waals surface area contributed by atoms with Gasteiger partial charge in [0, 0.05) is 18.5 Å². The van der Waals surface area contributed by atoms with Crippen molar-refractivity contribution >= 4 is 44.3 Å². The lowest BCUT2D eigenvalue weighted by molar-refractivity contribution is 0.0447. The fourth-order valence-corrected chi connectivity index (χ4v) is 3.27. The van der Waals surface area contributed by atoms with Crippen LogP contribution in [-0.4, -0.2) is 33.8 Å². The molecule has 1 aliphatic rings. The molecule has 1 aromatic heterocycles. The van der Waals surface area contributed by atoms with Gasteiger partial charge >= 0.3 is 6.08 Å². The van der Waals surface area contributed by atoms with E-state index in [1.165, 1.54) is 6.07 Å². The van der Waals surface area contributed by atoms with Gasteiger partial charge in [-0.15, -0.1) is 0 Å². The molecule has 1 aliphatic heterocycles. The van der Waals surface area contributed by atoms with E-state index in [-0.39, 0.29) is 27.4 Å². The summed E-state index contributed by atoms with van der Waals surface area (Å²) in [4.78, 5) is 9.07. The summed E-state index contributed by atoms with van der Waals surface area (Å²) in [6.45, 7) is 2.59. The molecular formula is C14H13BrClF2N3O. The summed E-state index contributed by atoms with van der Waals surface area (Å²) in [5, 5.41) is 10.7. The largest absolute Gasteiger partial charge is 0.388 e. The maximum Gasteiger partial charge on any atom is 0.311 e. The van der Waals surface area contributed by atoms with Crippen LogP contribution < -0.4 is 4.90 Å². The molecule has 0 spiro atoms. The second kappa shape index (κ2) is 5.54. The Hall–Kier alpha value is -1.05. The summed E-state index contributed by atoms with van der Waals surface area (Å²) in [7, 11) is 0. The number of halogens is 4. The number of fused-ring (bicyclic) bond motifs is 1. The second-order valence-electron chi connectivity index (χ2n) is 5.72. The van der Waals surface area contributed by atoms with Crippen LogP contribution in [0.1, 0.15) is 19.8 Å². The van der Waals surface area contributed by atoms with Crippen molar-refractivity contribution in [3.63, 3.8) is 0 Å². The minimum Gasteiger partial charge on any atom is -0.388 e. The van der Waals surface area contributed by atoms with Crippen LogP contribution in [0.3, 0.4) is 0 Å². The average molecular weight is 393 g/mol. The van der Waals surface area contributed by atoms with E-state index in [4.69, 9.17) is 11.6 Å². The Morgan fingerprint density at radius 2 is 2.14 bits per heavy atom. The van der Waals surface area contributed by atoms with Crippen LogP contribution in [0.15, 0.2) is 10.5 Å². The van der Waals surface area contributed by atoms with Crippen LogP contribution >= 0.6 is 27.5 Å². The zero-order chi connectivity index (χ0) is 16.1. The van der Waals surface area contributed by atoms with Crippen molar-refractivity contribution in [2.24, 2.45) is 0 Å². The molecule has 22 heavy (non-hydrogen) atoms. The number of piperidine rings is 1. The monoisotopic (exact) mass is 391 g/mol. The van der Waals surface area contributed by atoms with Crippen molar-refractivity contribution in [2.75, 3.05) is 18.0 Å². The van der Waals surface area contributed by atoms with Gasteiger partial charge < -0.3 is 10.0 Å². The van der Waals surface area contributed by atoms with Crippen LogP contribution in [0.4, 0.5) is 14.6 Å². The average Bonchev–Trinajstić information content (AvgIpc) is 2.44. The first kappa shape index (κ1) is 15.8. The molecule has 8 heteroatoms. The van der Waals surface area contributed by atoms with Crippen LogP contribution in [0.25, 0.3) is 10.9 Å². The minimum atomic E-state index is -1.01. The van der Waals surface area contributed by atoms with Crippen LogP contribution in [0, 0.1) is 11.9 Å². The normalized spacial score (nSPS) is 22.4.